The van der Waals surface area contributed by atoms with E-state index in [1.165, 1.54) is 30.3 Å². The zero-order valence-corrected chi connectivity index (χ0v) is 13.5. The molecule has 3 rings (SSSR count). The number of hydrogen-bond donors (Lipinski definition) is 2. The number of rotatable bonds is 4. The molecule has 0 aromatic heterocycles. The van der Waals surface area contributed by atoms with Crippen LogP contribution in [0.5, 0.6) is 0 Å². The van der Waals surface area contributed by atoms with Crippen LogP contribution >= 0.6 is 0 Å². The Balaban J connectivity index is 1.67. The van der Waals surface area contributed by atoms with Crippen LogP contribution in [0.4, 0.5) is 20.2 Å². The van der Waals surface area contributed by atoms with Crippen molar-refractivity contribution in [2.45, 2.75) is 0 Å². The lowest BCUT2D eigenvalue weighted by Crippen LogP contribution is -2.14. The van der Waals surface area contributed by atoms with Crippen LogP contribution in [0.2, 0.25) is 0 Å². The normalized spacial score (nSPS) is 10.2. The number of anilines is 2. The molecule has 26 heavy (non-hydrogen) atoms. The zero-order valence-electron chi connectivity index (χ0n) is 13.5. The Labute approximate surface area is 148 Å². The first kappa shape index (κ1) is 17.3. The molecule has 6 heteroatoms. The number of carbonyl (C=O) groups is 2. The molecular formula is C20H14F2N2O2. The van der Waals surface area contributed by atoms with Gasteiger partial charge >= 0.3 is 0 Å². The molecule has 0 heterocycles. The van der Waals surface area contributed by atoms with Crippen LogP contribution in [-0.2, 0) is 0 Å². The molecule has 3 aromatic rings. The predicted molar refractivity (Wildman–Crippen MR) is 95.1 cm³/mol. The first-order valence-electron chi connectivity index (χ1n) is 7.76. The summed E-state index contributed by atoms with van der Waals surface area (Å²) in [6.45, 7) is 0. The van der Waals surface area contributed by atoms with E-state index in [0.717, 1.165) is 12.1 Å². The summed E-state index contributed by atoms with van der Waals surface area (Å²) in [6.07, 6.45) is 0. The maximum Gasteiger partial charge on any atom is 0.255 e. The molecule has 0 saturated carbocycles. The number of nitrogens with one attached hydrogen (secondary N) is 2. The van der Waals surface area contributed by atoms with Crippen molar-refractivity contribution in [1.29, 1.82) is 0 Å². The molecule has 0 saturated heterocycles. The molecule has 0 atom stereocenters. The van der Waals surface area contributed by atoms with Gasteiger partial charge in [-0.1, -0.05) is 18.2 Å². The topological polar surface area (TPSA) is 58.2 Å². The van der Waals surface area contributed by atoms with E-state index in [4.69, 9.17) is 0 Å². The molecule has 0 unspecified atom stereocenters. The SMILES string of the molecule is O=C(Nc1ccccc1)c1ccc(C(=O)Nc2ccc(F)c(F)c2)cc1. The summed E-state index contributed by atoms with van der Waals surface area (Å²) in [7, 11) is 0. The van der Waals surface area contributed by atoms with Gasteiger partial charge in [-0.15, -0.1) is 0 Å². The fraction of sp³-hybridized carbons (Fsp3) is 0. The fourth-order valence-corrected chi connectivity index (χ4v) is 2.27. The molecular weight excluding hydrogens is 338 g/mol. The van der Waals surface area contributed by atoms with Gasteiger partial charge in [0.2, 0.25) is 0 Å². The summed E-state index contributed by atoms with van der Waals surface area (Å²) in [5.41, 5.74) is 1.47. The van der Waals surface area contributed by atoms with Gasteiger partial charge in [0.05, 0.1) is 0 Å². The van der Waals surface area contributed by atoms with Crippen LogP contribution in [0.3, 0.4) is 0 Å². The average molecular weight is 352 g/mol. The molecule has 0 aliphatic carbocycles. The molecule has 0 aliphatic heterocycles. The smallest absolute Gasteiger partial charge is 0.255 e. The molecule has 0 bridgehead atoms. The lowest BCUT2D eigenvalue weighted by molar-refractivity contribution is 0.101. The predicted octanol–water partition coefficient (Wildman–Crippen LogP) is 4.47. The Morgan fingerprint density at radius 1 is 0.615 bits per heavy atom. The Bertz CT molecular complexity index is 942. The van der Waals surface area contributed by atoms with E-state index < -0.39 is 17.5 Å². The highest BCUT2D eigenvalue weighted by atomic mass is 19.2. The van der Waals surface area contributed by atoms with Gasteiger partial charge in [0.25, 0.3) is 11.8 Å². The van der Waals surface area contributed by atoms with Crippen molar-refractivity contribution < 1.29 is 18.4 Å². The fourth-order valence-electron chi connectivity index (χ4n) is 2.27. The number of benzene rings is 3. The molecule has 130 valence electrons. The van der Waals surface area contributed by atoms with Crippen molar-refractivity contribution >= 4 is 23.2 Å². The van der Waals surface area contributed by atoms with E-state index in [-0.39, 0.29) is 17.2 Å². The molecule has 2 amide bonds. The molecule has 0 radical (unpaired) electrons. The minimum Gasteiger partial charge on any atom is -0.322 e. The van der Waals surface area contributed by atoms with Gasteiger partial charge < -0.3 is 10.6 Å². The van der Waals surface area contributed by atoms with E-state index in [1.807, 2.05) is 6.07 Å². The van der Waals surface area contributed by atoms with Crippen LogP contribution in [0.1, 0.15) is 20.7 Å². The van der Waals surface area contributed by atoms with E-state index in [1.54, 1.807) is 24.3 Å². The van der Waals surface area contributed by atoms with Crippen molar-refractivity contribution in [3.63, 3.8) is 0 Å². The zero-order chi connectivity index (χ0) is 18.5. The van der Waals surface area contributed by atoms with Crippen LogP contribution in [-0.4, -0.2) is 11.8 Å². The Morgan fingerprint density at radius 2 is 1.15 bits per heavy atom. The highest BCUT2D eigenvalue weighted by Gasteiger charge is 2.11. The number of para-hydroxylation sites is 1. The van der Waals surface area contributed by atoms with Crippen LogP contribution in [0, 0.1) is 11.6 Å². The Hall–Kier alpha value is -3.54. The van der Waals surface area contributed by atoms with Crippen LogP contribution in [0.25, 0.3) is 0 Å². The minimum atomic E-state index is -1.05. The van der Waals surface area contributed by atoms with Crippen LogP contribution in [0.15, 0.2) is 72.8 Å². The first-order chi connectivity index (χ1) is 12.5. The quantitative estimate of drug-likeness (QED) is 0.728. The third-order valence-corrected chi connectivity index (χ3v) is 3.62. The summed E-state index contributed by atoms with van der Waals surface area (Å²) < 4.78 is 26.1. The average Bonchev–Trinajstić information content (AvgIpc) is 2.65. The summed E-state index contributed by atoms with van der Waals surface area (Å²) in [4.78, 5) is 24.3. The second-order valence-corrected chi connectivity index (χ2v) is 5.48. The maximum absolute atomic E-state index is 13.2. The van der Waals surface area contributed by atoms with Crippen molar-refractivity contribution in [1.82, 2.24) is 0 Å². The molecule has 2 N–H and O–H groups in total. The van der Waals surface area contributed by atoms with Crippen molar-refractivity contribution in [3.05, 3.63) is 95.6 Å². The number of halogens is 2. The molecule has 4 nitrogen and oxygen atoms in total. The minimum absolute atomic E-state index is 0.139. The van der Waals surface area contributed by atoms with Crippen molar-refractivity contribution in [2.75, 3.05) is 10.6 Å². The highest BCUT2D eigenvalue weighted by molar-refractivity contribution is 6.07. The molecule has 0 aliphatic rings. The van der Waals surface area contributed by atoms with Gasteiger partial charge in [0.1, 0.15) is 0 Å². The van der Waals surface area contributed by atoms with E-state index in [2.05, 4.69) is 10.6 Å². The van der Waals surface area contributed by atoms with Gasteiger partial charge in [-0.3, -0.25) is 9.59 Å². The van der Waals surface area contributed by atoms with E-state index in [0.29, 0.717) is 11.3 Å². The third-order valence-electron chi connectivity index (χ3n) is 3.62. The van der Waals surface area contributed by atoms with Crippen molar-refractivity contribution in [2.24, 2.45) is 0 Å². The molecule has 3 aromatic carbocycles. The lowest BCUT2D eigenvalue weighted by Gasteiger charge is -2.07. The van der Waals surface area contributed by atoms with Crippen molar-refractivity contribution in [3.8, 4) is 0 Å². The standard InChI is InChI=1S/C20H14F2N2O2/c21-17-11-10-16(12-18(17)22)24-20(26)14-8-6-13(7-9-14)19(25)23-15-4-2-1-3-5-15/h1-12H,(H,23,25)(H,24,26). The number of hydrogen-bond acceptors (Lipinski definition) is 2. The third kappa shape index (κ3) is 4.10. The highest BCUT2D eigenvalue weighted by Crippen LogP contribution is 2.15. The Kier molecular flexibility index (Phi) is 5.03. The lowest BCUT2D eigenvalue weighted by atomic mass is 10.1. The number of amides is 2. The number of carbonyl (C=O) groups excluding carboxylic acids is 2. The van der Waals surface area contributed by atoms with Gasteiger partial charge in [-0.05, 0) is 48.5 Å². The monoisotopic (exact) mass is 352 g/mol. The maximum atomic E-state index is 13.2. The van der Waals surface area contributed by atoms with Crippen LogP contribution < -0.4 is 10.6 Å². The largest absolute Gasteiger partial charge is 0.322 e. The summed E-state index contributed by atoms with van der Waals surface area (Å²) in [5, 5.41) is 5.21. The van der Waals surface area contributed by atoms with E-state index >= 15 is 0 Å². The second-order valence-electron chi connectivity index (χ2n) is 5.48. The molecule has 0 fully saturated rings. The van der Waals surface area contributed by atoms with E-state index in [9.17, 15) is 18.4 Å². The summed E-state index contributed by atoms with van der Waals surface area (Å²) >= 11 is 0. The molecule has 0 spiro atoms. The van der Waals surface area contributed by atoms with Gasteiger partial charge in [0, 0.05) is 28.6 Å². The second kappa shape index (κ2) is 7.57. The van der Waals surface area contributed by atoms with Gasteiger partial charge in [-0.25, -0.2) is 8.78 Å². The summed E-state index contributed by atoms with van der Waals surface area (Å²) in [6, 6.07) is 18.1. The van der Waals surface area contributed by atoms with Gasteiger partial charge in [-0.2, -0.15) is 0 Å². The van der Waals surface area contributed by atoms with Gasteiger partial charge in [0.15, 0.2) is 11.6 Å². The Morgan fingerprint density at radius 3 is 1.69 bits per heavy atom. The first-order valence-corrected chi connectivity index (χ1v) is 7.76. The summed E-state index contributed by atoms with van der Waals surface area (Å²) in [5.74, 6) is -2.83.